The molecule has 0 spiro atoms. The second kappa shape index (κ2) is 5.96. The molecule has 0 unspecified atom stereocenters. The van der Waals surface area contributed by atoms with Crippen molar-refractivity contribution in [2.24, 2.45) is 5.10 Å². The molecule has 104 valence electrons. The van der Waals surface area contributed by atoms with Crippen molar-refractivity contribution in [2.75, 3.05) is 12.5 Å². The van der Waals surface area contributed by atoms with Gasteiger partial charge in [-0.2, -0.15) is 5.10 Å². The molecule has 0 atom stereocenters. The average Bonchev–Trinajstić information content (AvgIpc) is 2.38. The number of benzene rings is 1. The summed E-state index contributed by atoms with van der Waals surface area (Å²) >= 11 is 0. The normalized spacial score (nSPS) is 10.8. The van der Waals surface area contributed by atoms with Gasteiger partial charge in [0, 0.05) is 11.8 Å². The Balaban J connectivity index is 2.10. The molecule has 2 N–H and O–H groups in total. The number of methoxy groups -OCH3 is 1. The number of rotatable bonds is 4. The highest BCUT2D eigenvalue weighted by molar-refractivity contribution is 5.80. The Morgan fingerprint density at radius 3 is 2.90 bits per heavy atom. The van der Waals surface area contributed by atoms with Gasteiger partial charge in [0.2, 0.25) is 5.95 Å². The van der Waals surface area contributed by atoms with E-state index < -0.39 is 5.82 Å². The maximum absolute atomic E-state index is 13.4. The summed E-state index contributed by atoms with van der Waals surface area (Å²) in [6.45, 7) is 1.70. The predicted molar refractivity (Wildman–Crippen MR) is 73.8 cm³/mol. The quantitative estimate of drug-likeness (QED) is 0.657. The standard InChI is InChI=1S/C13H13FN4O2/c1-8-5-12(19)17-13(16-8)18-15-7-9-3-4-11(20-2)10(14)6-9/h3-7H,1-2H3,(H2,16,17,18,19)/b15-7-. The first kappa shape index (κ1) is 13.7. The average molecular weight is 276 g/mol. The van der Waals surface area contributed by atoms with E-state index in [2.05, 4.69) is 20.5 Å². The zero-order valence-electron chi connectivity index (χ0n) is 11.0. The van der Waals surface area contributed by atoms with Crippen molar-refractivity contribution in [3.05, 3.63) is 51.7 Å². The molecule has 0 aliphatic carbocycles. The smallest absolute Gasteiger partial charge is 0.252 e. The molecular formula is C13H13FN4O2. The fraction of sp³-hybridized carbons (Fsp3) is 0.154. The molecule has 6 nitrogen and oxygen atoms in total. The summed E-state index contributed by atoms with van der Waals surface area (Å²) in [6, 6.07) is 5.81. The van der Waals surface area contributed by atoms with Crippen LogP contribution in [0.15, 0.2) is 34.2 Å². The van der Waals surface area contributed by atoms with Gasteiger partial charge in [0.05, 0.1) is 13.3 Å². The summed E-state index contributed by atoms with van der Waals surface area (Å²) in [4.78, 5) is 17.7. The van der Waals surface area contributed by atoms with E-state index in [1.165, 1.54) is 31.5 Å². The van der Waals surface area contributed by atoms with Crippen molar-refractivity contribution < 1.29 is 9.13 Å². The number of halogens is 1. The molecular weight excluding hydrogens is 263 g/mol. The molecule has 0 saturated carbocycles. The number of H-pyrrole nitrogens is 1. The van der Waals surface area contributed by atoms with Crippen LogP contribution in [-0.2, 0) is 0 Å². The summed E-state index contributed by atoms with van der Waals surface area (Å²) in [5.74, 6) is -0.0847. The van der Waals surface area contributed by atoms with E-state index in [9.17, 15) is 9.18 Å². The van der Waals surface area contributed by atoms with Crippen LogP contribution in [-0.4, -0.2) is 23.3 Å². The van der Waals surface area contributed by atoms with Crippen molar-refractivity contribution in [2.45, 2.75) is 6.92 Å². The van der Waals surface area contributed by atoms with Gasteiger partial charge in [-0.25, -0.2) is 14.8 Å². The molecule has 1 heterocycles. The Morgan fingerprint density at radius 2 is 2.25 bits per heavy atom. The second-order valence-corrected chi connectivity index (χ2v) is 4.00. The van der Waals surface area contributed by atoms with Crippen LogP contribution in [0.25, 0.3) is 0 Å². The van der Waals surface area contributed by atoms with Gasteiger partial charge in [-0.05, 0) is 30.7 Å². The Kier molecular flexibility index (Phi) is 4.09. The van der Waals surface area contributed by atoms with Gasteiger partial charge < -0.3 is 4.74 Å². The molecule has 2 aromatic rings. The van der Waals surface area contributed by atoms with Crippen LogP contribution in [0.5, 0.6) is 5.75 Å². The third-order valence-electron chi connectivity index (χ3n) is 2.43. The number of anilines is 1. The molecule has 0 amide bonds. The highest BCUT2D eigenvalue weighted by atomic mass is 19.1. The van der Waals surface area contributed by atoms with Crippen LogP contribution in [0.2, 0.25) is 0 Å². The summed E-state index contributed by atoms with van der Waals surface area (Å²) < 4.78 is 18.3. The zero-order chi connectivity index (χ0) is 14.5. The van der Waals surface area contributed by atoms with Crippen LogP contribution in [0.4, 0.5) is 10.3 Å². The molecule has 0 saturated heterocycles. The monoisotopic (exact) mass is 276 g/mol. The molecule has 0 aliphatic heterocycles. The molecule has 0 bridgehead atoms. The minimum Gasteiger partial charge on any atom is -0.494 e. The van der Waals surface area contributed by atoms with E-state index in [1.54, 1.807) is 13.0 Å². The van der Waals surface area contributed by atoms with Gasteiger partial charge in [0.25, 0.3) is 5.56 Å². The van der Waals surface area contributed by atoms with Crippen LogP contribution in [0.3, 0.4) is 0 Å². The summed E-state index contributed by atoms with van der Waals surface area (Å²) in [6.07, 6.45) is 1.41. The molecule has 2 rings (SSSR count). The fourth-order valence-electron chi connectivity index (χ4n) is 1.56. The molecule has 0 radical (unpaired) electrons. The van der Waals surface area contributed by atoms with Crippen molar-refractivity contribution >= 4 is 12.2 Å². The first-order chi connectivity index (χ1) is 9.58. The minimum atomic E-state index is -0.474. The van der Waals surface area contributed by atoms with E-state index in [1.807, 2.05) is 0 Å². The number of hydrazone groups is 1. The van der Waals surface area contributed by atoms with Crippen LogP contribution in [0.1, 0.15) is 11.3 Å². The Bertz CT molecular complexity index is 697. The van der Waals surface area contributed by atoms with Crippen LogP contribution in [0, 0.1) is 12.7 Å². The summed E-state index contributed by atoms with van der Waals surface area (Å²) in [5.41, 5.74) is 3.42. The van der Waals surface area contributed by atoms with Crippen LogP contribution >= 0.6 is 0 Å². The van der Waals surface area contributed by atoms with E-state index in [-0.39, 0.29) is 17.3 Å². The highest BCUT2D eigenvalue weighted by Gasteiger charge is 2.01. The van der Waals surface area contributed by atoms with Crippen LogP contribution < -0.4 is 15.7 Å². The van der Waals surface area contributed by atoms with E-state index >= 15 is 0 Å². The Morgan fingerprint density at radius 1 is 1.45 bits per heavy atom. The van der Waals surface area contributed by atoms with Gasteiger partial charge in [-0.1, -0.05) is 0 Å². The number of nitrogens with one attached hydrogen (secondary N) is 2. The molecule has 0 fully saturated rings. The lowest BCUT2D eigenvalue weighted by atomic mass is 10.2. The summed E-state index contributed by atoms with van der Waals surface area (Å²) in [5, 5.41) is 3.88. The molecule has 7 heteroatoms. The Hall–Kier alpha value is -2.70. The van der Waals surface area contributed by atoms with Crippen molar-refractivity contribution in [3.8, 4) is 5.75 Å². The predicted octanol–water partition coefficient (Wildman–Crippen LogP) is 1.67. The van der Waals surface area contributed by atoms with E-state index in [0.717, 1.165) is 0 Å². The molecule has 1 aromatic heterocycles. The third kappa shape index (κ3) is 3.41. The fourth-order valence-corrected chi connectivity index (χ4v) is 1.56. The lowest BCUT2D eigenvalue weighted by molar-refractivity contribution is 0.386. The molecule has 1 aromatic carbocycles. The molecule has 0 aliphatic rings. The van der Waals surface area contributed by atoms with Crippen molar-refractivity contribution in [3.63, 3.8) is 0 Å². The Labute approximate surface area is 114 Å². The number of hydrogen-bond donors (Lipinski definition) is 2. The number of aromatic nitrogens is 2. The highest BCUT2D eigenvalue weighted by Crippen LogP contribution is 2.16. The molecule has 20 heavy (non-hydrogen) atoms. The van der Waals surface area contributed by atoms with Gasteiger partial charge in [0.15, 0.2) is 11.6 Å². The van der Waals surface area contributed by atoms with Crippen molar-refractivity contribution in [1.29, 1.82) is 0 Å². The van der Waals surface area contributed by atoms with Gasteiger partial charge >= 0.3 is 0 Å². The lowest BCUT2D eigenvalue weighted by Gasteiger charge is -2.02. The largest absolute Gasteiger partial charge is 0.494 e. The van der Waals surface area contributed by atoms with Gasteiger partial charge in [-0.15, -0.1) is 0 Å². The third-order valence-corrected chi connectivity index (χ3v) is 2.43. The van der Waals surface area contributed by atoms with Gasteiger partial charge in [-0.3, -0.25) is 9.78 Å². The number of nitrogens with zero attached hydrogens (tertiary/aromatic N) is 2. The maximum Gasteiger partial charge on any atom is 0.252 e. The maximum atomic E-state index is 13.4. The lowest BCUT2D eigenvalue weighted by Crippen LogP contribution is -2.10. The first-order valence-corrected chi connectivity index (χ1v) is 5.79. The second-order valence-electron chi connectivity index (χ2n) is 4.00. The number of hydrogen-bond acceptors (Lipinski definition) is 5. The summed E-state index contributed by atoms with van der Waals surface area (Å²) in [7, 11) is 1.40. The SMILES string of the molecule is COc1ccc(/C=N\Nc2nc(C)cc(=O)[nH]2)cc1F. The number of aryl methyl sites for hydroxylation is 1. The van der Waals surface area contributed by atoms with Gasteiger partial charge in [0.1, 0.15) is 0 Å². The minimum absolute atomic E-state index is 0.166. The topological polar surface area (TPSA) is 79.4 Å². The van der Waals surface area contributed by atoms with E-state index in [0.29, 0.717) is 11.3 Å². The van der Waals surface area contributed by atoms with E-state index in [4.69, 9.17) is 4.74 Å². The first-order valence-electron chi connectivity index (χ1n) is 5.79. The zero-order valence-corrected chi connectivity index (χ0v) is 11.0. The number of aromatic amines is 1. The number of ether oxygens (including phenoxy) is 1. The van der Waals surface area contributed by atoms with Crippen molar-refractivity contribution in [1.82, 2.24) is 9.97 Å².